The molecular weight excluding hydrogens is 492 g/mol. The third kappa shape index (κ3) is 5.80. The maximum atomic E-state index is 13.3. The Hall–Kier alpha value is -3.93. The van der Waals surface area contributed by atoms with Gasteiger partial charge >= 0.3 is 5.97 Å². The zero-order valence-corrected chi connectivity index (χ0v) is 21.1. The molecule has 0 radical (unpaired) electrons. The molecule has 4 unspecified atom stereocenters. The summed E-state index contributed by atoms with van der Waals surface area (Å²) in [5, 5.41) is 13.1. The van der Waals surface area contributed by atoms with Crippen LogP contribution in [-0.2, 0) is 30.4 Å². The first kappa shape index (κ1) is 27.1. The lowest BCUT2D eigenvalue weighted by Crippen LogP contribution is -2.57. The van der Waals surface area contributed by atoms with Crippen molar-refractivity contribution in [2.24, 2.45) is 11.5 Å². The minimum Gasteiger partial charge on any atom is -0.480 e. The lowest BCUT2D eigenvalue weighted by Gasteiger charge is -2.30. The van der Waals surface area contributed by atoms with Crippen LogP contribution in [0, 0.1) is 0 Å². The zero-order valence-electron chi connectivity index (χ0n) is 21.1. The smallest absolute Gasteiger partial charge is 0.326 e. The maximum absolute atomic E-state index is 13.3. The van der Waals surface area contributed by atoms with Gasteiger partial charge in [0, 0.05) is 36.6 Å². The number of primary amides is 1. The van der Waals surface area contributed by atoms with Crippen molar-refractivity contribution in [2.45, 2.75) is 69.1 Å². The fourth-order valence-electron chi connectivity index (χ4n) is 5.44. The number of H-pyrrole nitrogens is 1. The van der Waals surface area contributed by atoms with Crippen LogP contribution in [0.3, 0.4) is 0 Å². The number of fused-ring (bicyclic) bond motifs is 1. The van der Waals surface area contributed by atoms with Gasteiger partial charge in [-0.15, -0.1) is 0 Å². The first-order valence-corrected chi connectivity index (χ1v) is 12.9. The summed E-state index contributed by atoms with van der Waals surface area (Å²) < 4.78 is 0. The van der Waals surface area contributed by atoms with Crippen molar-refractivity contribution in [1.82, 2.24) is 20.1 Å². The van der Waals surface area contributed by atoms with Crippen molar-refractivity contribution in [1.29, 1.82) is 0 Å². The summed E-state index contributed by atoms with van der Waals surface area (Å²) >= 11 is 0. The number of para-hydroxylation sites is 1. The summed E-state index contributed by atoms with van der Waals surface area (Å²) in [4.78, 5) is 68.7. The van der Waals surface area contributed by atoms with Gasteiger partial charge in [0.25, 0.3) is 0 Å². The number of carbonyl (C=O) groups is 5. The molecule has 0 saturated carbocycles. The van der Waals surface area contributed by atoms with Crippen LogP contribution in [0.1, 0.15) is 44.1 Å². The van der Waals surface area contributed by atoms with E-state index < -0.39 is 47.9 Å². The highest BCUT2D eigenvalue weighted by Crippen LogP contribution is 2.23. The summed E-state index contributed by atoms with van der Waals surface area (Å²) in [6, 6.07) is 3.89. The fraction of sp³-hybridized carbons (Fsp3) is 0.500. The number of aromatic amines is 1. The predicted molar refractivity (Wildman–Crippen MR) is 137 cm³/mol. The summed E-state index contributed by atoms with van der Waals surface area (Å²) in [5.41, 5.74) is 13.4. The Labute approximate surface area is 219 Å². The Balaban J connectivity index is 1.44. The van der Waals surface area contributed by atoms with E-state index in [4.69, 9.17) is 11.5 Å². The number of aromatic nitrogens is 1. The normalized spacial score (nSPS) is 20.9. The number of nitrogens with zero attached hydrogens (tertiary/aromatic N) is 2. The summed E-state index contributed by atoms with van der Waals surface area (Å²) in [7, 11) is 0. The van der Waals surface area contributed by atoms with Crippen LogP contribution in [-0.4, -0.2) is 86.7 Å². The number of carboxylic acid groups (broad SMARTS) is 1. The van der Waals surface area contributed by atoms with Gasteiger partial charge in [-0.25, -0.2) is 4.79 Å². The average molecular weight is 527 g/mol. The van der Waals surface area contributed by atoms with Crippen molar-refractivity contribution in [3.05, 3.63) is 36.0 Å². The summed E-state index contributed by atoms with van der Waals surface area (Å²) in [6.45, 7) is 0.598. The minimum atomic E-state index is -1.13. The first-order valence-electron chi connectivity index (χ1n) is 12.9. The molecular formula is C26H34N6O6. The molecule has 0 aliphatic carbocycles. The molecule has 2 aliphatic rings. The van der Waals surface area contributed by atoms with Crippen molar-refractivity contribution < 1.29 is 29.1 Å². The van der Waals surface area contributed by atoms with E-state index in [1.807, 2.05) is 30.5 Å². The molecule has 3 heterocycles. The van der Waals surface area contributed by atoms with E-state index in [2.05, 4.69) is 10.3 Å². The number of carboxylic acids is 1. The van der Waals surface area contributed by atoms with E-state index in [1.165, 1.54) is 9.80 Å². The number of amides is 4. The van der Waals surface area contributed by atoms with Gasteiger partial charge in [0.15, 0.2) is 0 Å². The molecule has 4 rings (SSSR count). The molecule has 0 bridgehead atoms. The second-order valence-corrected chi connectivity index (χ2v) is 9.95. The molecule has 4 atom stereocenters. The molecule has 204 valence electrons. The average Bonchev–Trinajstić information content (AvgIpc) is 3.65. The van der Waals surface area contributed by atoms with E-state index in [0.29, 0.717) is 38.6 Å². The van der Waals surface area contributed by atoms with Gasteiger partial charge < -0.3 is 36.7 Å². The molecule has 12 heteroatoms. The number of likely N-dealkylation sites (tertiary alicyclic amines) is 2. The Morgan fingerprint density at radius 3 is 2.37 bits per heavy atom. The van der Waals surface area contributed by atoms with Crippen LogP contribution >= 0.6 is 0 Å². The van der Waals surface area contributed by atoms with Gasteiger partial charge in [-0.1, -0.05) is 18.2 Å². The topological polar surface area (TPSA) is 192 Å². The van der Waals surface area contributed by atoms with Gasteiger partial charge in [-0.3, -0.25) is 19.2 Å². The van der Waals surface area contributed by atoms with E-state index in [0.717, 1.165) is 16.5 Å². The number of benzene rings is 1. The van der Waals surface area contributed by atoms with E-state index in [-0.39, 0.29) is 25.3 Å². The fourth-order valence-corrected chi connectivity index (χ4v) is 5.44. The monoisotopic (exact) mass is 526 g/mol. The molecule has 2 aromatic rings. The molecule has 4 amide bonds. The number of nitrogens with two attached hydrogens (primary N) is 2. The molecule has 7 N–H and O–H groups in total. The predicted octanol–water partition coefficient (Wildman–Crippen LogP) is -0.145. The third-order valence-electron chi connectivity index (χ3n) is 7.39. The SMILES string of the molecule is NC(=O)CCC(NC(=O)C1CCCN1C(=O)C(N)Cc1c[nH]c2ccccc12)C(=O)N1CCCC1C(=O)O. The van der Waals surface area contributed by atoms with Gasteiger partial charge in [0.2, 0.25) is 23.6 Å². The van der Waals surface area contributed by atoms with Crippen LogP contribution in [0.15, 0.2) is 30.5 Å². The molecule has 2 saturated heterocycles. The highest BCUT2D eigenvalue weighted by atomic mass is 16.4. The molecule has 2 aliphatic heterocycles. The molecule has 2 fully saturated rings. The third-order valence-corrected chi connectivity index (χ3v) is 7.39. The maximum Gasteiger partial charge on any atom is 0.326 e. The quantitative estimate of drug-likeness (QED) is 0.284. The van der Waals surface area contributed by atoms with Crippen molar-refractivity contribution in [3.8, 4) is 0 Å². The number of carbonyl (C=O) groups excluding carboxylic acids is 4. The number of aliphatic carboxylic acids is 1. The van der Waals surface area contributed by atoms with E-state index >= 15 is 0 Å². The highest BCUT2D eigenvalue weighted by molar-refractivity contribution is 5.95. The molecule has 12 nitrogen and oxygen atoms in total. The lowest BCUT2D eigenvalue weighted by atomic mass is 10.0. The molecule has 38 heavy (non-hydrogen) atoms. The Morgan fingerprint density at radius 1 is 1.03 bits per heavy atom. The molecule has 1 aromatic carbocycles. The zero-order chi connectivity index (χ0) is 27.4. The van der Waals surface area contributed by atoms with Crippen LogP contribution in [0.5, 0.6) is 0 Å². The van der Waals surface area contributed by atoms with Crippen LogP contribution in [0.2, 0.25) is 0 Å². The second-order valence-electron chi connectivity index (χ2n) is 9.95. The Morgan fingerprint density at radius 2 is 1.68 bits per heavy atom. The van der Waals surface area contributed by atoms with Crippen molar-refractivity contribution in [3.63, 3.8) is 0 Å². The van der Waals surface area contributed by atoms with E-state index in [1.54, 1.807) is 0 Å². The van der Waals surface area contributed by atoms with Gasteiger partial charge in [-0.05, 0) is 50.2 Å². The van der Waals surface area contributed by atoms with Crippen molar-refractivity contribution in [2.75, 3.05) is 13.1 Å². The number of rotatable bonds is 10. The molecule has 0 spiro atoms. The summed E-state index contributed by atoms with van der Waals surface area (Å²) in [5.74, 6) is -3.24. The number of nitrogens with one attached hydrogen (secondary N) is 2. The number of hydrogen-bond donors (Lipinski definition) is 5. The number of hydrogen-bond acceptors (Lipinski definition) is 6. The van der Waals surface area contributed by atoms with Crippen LogP contribution in [0.4, 0.5) is 0 Å². The highest BCUT2D eigenvalue weighted by Gasteiger charge is 2.41. The van der Waals surface area contributed by atoms with E-state index in [9.17, 15) is 29.1 Å². The Kier molecular flexibility index (Phi) is 8.30. The van der Waals surface area contributed by atoms with Gasteiger partial charge in [0.1, 0.15) is 18.1 Å². The Bertz CT molecular complexity index is 1230. The summed E-state index contributed by atoms with van der Waals surface area (Å²) in [6.07, 6.45) is 3.72. The first-order chi connectivity index (χ1) is 18.2. The minimum absolute atomic E-state index is 0.0660. The van der Waals surface area contributed by atoms with Gasteiger partial charge in [0.05, 0.1) is 6.04 Å². The largest absolute Gasteiger partial charge is 0.480 e. The van der Waals surface area contributed by atoms with Gasteiger partial charge in [-0.2, -0.15) is 0 Å². The second kappa shape index (κ2) is 11.6. The lowest BCUT2D eigenvalue weighted by molar-refractivity contribution is -0.150. The molecule has 1 aromatic heterocycles. The van der Waals surface area contributed by atoms with Crippen LogP contribution in [0.25, 0.3) is 10.9 Å². The van der Waals surface area contributed by atoms with Crippen molar-refractivity contribution >= 4 is 40.5 Å². The standard InChI is InChI=1S/C26H34N6O6/c27-17(13-15-14-29-18-6-2-1-5-16(15)18)24(35)31-11-3-7-20(31)23(34)30-19(9-10-22(28)33)25(36)32-12-4-8-21(32)26(37)38/h1-2,5-6,14,17,19-21,29H,3-4,7-13,27H2,(H2,28,33)(H,30,34)(H,37,38). The van der Waals surface area contributed by atoms with Crippen LogP contribution < -0.4 is 16.8 Å².